The van der Waals surface area contributed by atoms with Crippen LogP contribution in [0.3, 0.4) is 0 Å². The molecule has 1 aromatic heterocycles. The summed E-state index contributed by atoms with van der Waals surface area (Å²) in [4.78, 5) is 20.7. The van der Waals surface area contributed by atoms with E-state index in [9.17, 15) is 14.9 Å². The van der Waals surface area contributed by atoms with Crippen LogP contribution in [0.15, 0.2) is 6.07 Å². The minimum atomic E-state index is -0.636. The zero-order chi connectivity index (χ0) is 9.84. The number of aromatic nitrogens is 2. The van der Waals surface area contributed by atoms with Gasteiger partial charge in [0.2, 0.25) is 0 Å². The highest BCUT2D eigenvalue weighted by Crippen LogP contribution is 2.07. The molecule has 1 rings (SSSR count). The number of hydrogen-bond donors (Lipinski definition) is 2. The molecule has 0 radical (unpaired) electrons. The van der Waals surface area contributed by atoms with Crippen molar-refractivity contribution in [3.05, 3.63) is 21.9 Å². The van der Waals surface area contributed by atoms with Gasteiger partial charge in [-0.15, -0.1) is 5.10 Å². The summed E-state index contributed by atoms with van der Waals surface area (Å²) in [7, 11) is 1.61. The molecular formula is C6H8N4O3. The lowest BCUT2D eigenvalue weighted by Crippen LogP contribution is -2.18. The molecule has 1 heterocycles. The first-order valence-corrected chi connectivity index (χ1v) is 3.52. The Morgan fingerprint density at radius 1 is 1.85 bits per heavy atom. The number of Topliss-reactive ketones (excluding diaryl/α,β-unsaturated/α-hetero) is 1. The minimum absolute atomic E-state index is 0.0704. The van der Waals surface area contributed by atoms with Gasteiger partial charge in [0.05, 0.1) is 12.6 Å². The molecule has 0 aliphatic rings. The van der Waals surface area contributed by atoms with Gasteiger partial charge in [0.15, 0.2) is 11.5 Å². The van der Waals surface area contributed by atoms with E-state index in [4.69, 9.17) is 0 Å². The molecule has 0 aliphatic heterocycles. The monoisotopic (exact) mass is 184 g/mol. The number of ketones is 1. The quantitative estimate of drug-likeness (QED) is 0.380. The van der Waals surface area contributed by atoms with Gasteiger partial charge in [0, 0.05) is 0 Å². The van der Waals surface area contributed by atoms with E-state index in [1.165, 1.54) is 0 Å². The average Bonchev–Trinajstić information content (AvgIpc) is 2.52. The van der Waals surface area contributed by atoms with Gasteiger partial charge < -0.3 is 15.4 Å². The van der Waals surface area contributed by atoms with E-state index < -0.39 is 4.92 Å². The highest BCUT2D eigenvalue weighted by molar-refractivity contribution is 5.96. The van der Waals surface area contributed by atoms with Crippen molar-refractivity contribution in [2.75, 3.05) is 13.6 Å². The number of H-pyrrole nitrogens is 1. The highest BCUT2D eigenvalue weighted by atomic mass is 16.6. The number of hydrogen-bond acceptors (Lipinski definition) is 5. The first-order chi connectivity index (χ1) is 6.15. The molecule has 2 N–H and O–H groups in total. The molecule has 0 atom stereocenters. The van der Waals surface area contributed by atoms with Gasteiger partial charge >= 0.3 is 5.82 Å². The number of nitrogens with one attached hydrogen (secondary N) is 2. The normalized spacial score (nSPS) is 9.92. The zero-order valence-corrected chi connectivity index (χ0v) is 6.90. The van der Waals surface area contributed by atoms with Crippen molar-refractivity contribution in [1.82, 2.24) is 15.5 Å². The van der Waals surface area contributed by atoms with Crippen LogP contribution in [-0.2, 0) is 0 Å². The molecule has 0 saturated heterocycles. The number of nitrogens with zero attached hydrogens (tertiary/aromatic N) is 2. The lowest BCUT2D eigenvalue weighted by atomic mass is 10.3. The van der Waals surface area contributed by atoms with Crippen LogP contribution in [0.1, 0.15) is 10.5 Å². The summed E-state index contributed by atoms with van der Waals surface area (Å²) in [6.45, 7) is 0.113. The zero-order valence-electron chi connectivity index (χ0n) is 6.90. The molecule has 0 bridgehead atoms. The van der Waals surface area contributed by atoms with Crippen LogP contribution >= 0.6 is 0 Å². The summed E-state index contributed by atoms with van der Waals surface area (Å²) in [5.74, 6) is -0.564. The molecule has 0 fully saturated rings. The van der Waals surface area contributed by atoms with Crippen LogP contribution in [0, 0.1) is 10.1 Å². The fourth-order valence-corrected chi connectivity index (χ4v) is 0.799. The van der Waals surface area contributed by atoms with Crippen molar-refractivity contribution in [2.24, 2.45) is 0 Å². The number of rotatable bonds is 4. The summed E-state index contributed by atoms with van der Waals surface area (Å²) in [5, 5.41) is 18.5. The highest BCUT2D eigenvalue weighted by Gasteiger charge is 2.14. The molecular weight excluding hydrogens is 176 g/mol. The SMILES string of the molecule is CNCC(=O)c1cc([N+](=O)[O-])[nH]n1. The van der Waals surface area contributed by atoms with E-state index in [2.05, 4.69) is 15.5 Å². The lowest BCUT2D eigenvalue weighted by molar-refractivity contribution is -0.389. The molecule has 1 aromatic rings. The summed E-state index contributed by atoms with van der Waals surface area (Å²) < 4.78 is 0. The summed E-state index contributed by atoms with van der Waals surface area (Å²) in [5.41, 5.74) is 0.0704. The Morgan fingerprint density at radius 3 is 3.00 bits per heavy atom. The van der Waals surface area contributed by atoms with E-state index in [1.807, 2.05) is 0 Å². The van der Waals surface area contributed by atoms with Gasteiger partial charge in [-0.3, -0.25) is 4.79 Å². The molecule has 7 nitrogen and oxygen atoms in total. The third-order valence-corrected chi connectivity index (χ3v) is 1.38. The predicted octanol–water partition coefficient (Wildman–Crippen LogP) is -0.280. The first-order valence-electron chi connectivity index (χ1n) is 3.52. The van der Waals surface area contributed by atoms with Crippen LogP contribution in [0.5, 0.6) is 0 Å². The molecule has 7 heteroatoms. The molecule has 70 valence electrons. The Labute approximate surface area is 73.3 Å². The van der Waals surface area contributed by atoms with Crippen molar-refractivity contribution in [1.29, 1.82) is 0 Å². The van der Waals surface area contributed by atoms with E-state index in [0.717, 1.165) is 6.07 Å². The largest absolute Gasteiger partial charge is 0.358 e. The van der Waals surface area contributed by atoms with Crippen molar-refractivity contribution < 1.29 is 9.72 Å². The van der Waals surface area contributed by atoms with E-state index >= 15 is 0 Å². The Bertz CT molecular complexity index is 332. The topological polar surface area (TPSA) is 101 Å². The van der Waals surface area contributed by atoms with Crippen molar-refractivity contribution in [3.8, 4) is 0 Å². The molecule has 0 aromatic carbocycles. The lowest BCUT2D eigenvalue weighted by Gasteiger charge is -1.90. The third kappa shape index (κ3) is 2.09. The van der Waals surface area contributed by atoms with Crippen molar-refractivity contribution in [3.63, 3.8) is 0 Å². The van der Waals surface area contributed by atoms with Crippen molar-refractivity contribution >= 4 is 11.6 Å². The molecule has 0 aliphatic carbocycles. The smallest absolute Gasteiger partial charge is 0.343 e. The molecule has 0 saturated carbocycles. The second-order valence-electron chi connectivity index (χ2n) is 2.35. The van der Waals surface area contributed by atoms with Crippen LogP contribution in [0.25, 0.3) is 0 Å². The standard InChI is InChI=1S/C6H8N4O3/c1-7-3-5(11)4-2-6(9-8-4)10(12)13/h2,7H,3H2,1H3,(H,8,9). The number of likely N-dealkylation sites (N-methyl/N-ethyl adjacent to an activating group) is 1. The number of carbonyl (C=O) groups excluding carboxylic acids is 1. The van der Waals surface area contributed by atoms with Crippen LogP contribution < -0.4 is 5.32 Å². The van der Waals surface area contributed by atoms with E-state index in [0.29, 0.717) is 0 Å². The minimum Gasteiger partial charge on any atom is -0.358 e. The molecule has 0 unspecified atom stereocenters. The molecule has 0 amide bonds. The van der Waals surface area contributed by atoms with E-state index in [-0.39, 0.29) is 23.8 Å². The number of aromatic amines is 1. The van der Waals surface area contributed by atoms with Gasteiger partial charge in [-0.25, -0.2) is 0 Å². The number of nitro groups is 1. The predicted molar refractivity (Wildman–Crippen MR) is 43.5 cm³/mol. The molecule has 13 heavy (non-hydrogen) atoms. The van der Waals surface area contributed by atoms with Gasteiger partial charge in [-0.1, -0.05) is 5.10 Å². The third-order valence-electron chi connectivity index (χ3n) is 1.38. The summed E-state index contributed by atoms with van der Waals surface area (Å²) >= 11 is 0. The van der Waals surface area contributed by atoms with E-state index in [1.54, 1.807) is 7.05 Å². The fourth-order valence-electron chi connectivity index (χ4n) is 0.799. The van der Waals surface area contributed by atoms with Crippen LogP contribution in [0.2, 0.25) is 0 Å². The summed E-state index contributed by atoms with van der Waals surface area (Å²) in [6.07, 6.45) is 0. The van der Waals surface area contributed by atoms with Crippen LogP contribution in [0.4, 0.5) is 5.82 Å². The Hall–Kier alpha value is -1.76. The second-order valence-corrected chi connectivity index (χ2v) is 2.35. The maximum absolute atomic E-state index is 11.1. The maximum Gasteiger partial charge on any atom is 0.343 e. The second kappa shape index (κ2) is 3.76. The Morgan fingerprint density at radius 2 is 2.54 bits per heavy atom. The molecule has 0 spiro atoms. The van der Waals surface area contributed by atoms with Crippen molar-refractivity contribution in [2.45, 2.75) is 0 Å². The van der Waals surface area contributed by atoms with Gasteiger partial charge in [0.1, 0.15) is 0 Å². The summed E-state index contributed by atoms with van der Waals surface area (Å²) in [6, 6.07) is 1.11. The maximum atomic E-state index is 11.1. The Kier molecular flexibility index (Phi) is 2.70. The number of carbonyl (C=O) groups is 1. The Balaban J connectivity index is 2.79. The first kappa shape index (κ1) is 9.33. The van der Waals surface area contributed by atoms with Crippen LogP contribution in [-0.4, -0.2) is 34.5 Å². The van der Waals surface area contributed by atoms with Gasteiger partial charge in [-0.2, -0.15) is 0 Å². The van der Waals surface area contributed by atoms with Gasteiger partial charge in [0.25, 0.3) is 0 Å². The average molecular weight is 184 g/mol. The van der Waals surface area contributed by atoms with Gasteiger partial charge in [-0.05, 0) is 12.0 Å². The fraction of sp³-hybridized carbons (Fsp3) is 0.333.